The molecule has 2 heterocycles. The van der Waals surface area contributed by atoms with Crippen LogP contribution in [0.4, 0.5) is 5.82 Å². The molecule has 0 atom stereocenters. The average Bonchev–Trinajstić information content (AvgIpc) is 2.70. The number of fused-ring (bicyclic) bond motifs is 1. The van der Waals surface area contributed by atoms with Crippen LogP contribution in [-0.4, -0.2) is 46.0 Å². The molecule has 2 aromatic carbocycles. The summed E-state index contributed by atoms with van der Waals surface area (Å²) in [5.41, 5.74) is 14.5. The Kier molecular flexibility index (Phi) is 5.71. The Morgan fingerprint density at radius 3 is 2.45 bits per heavy atom. The minimum atomic E-state index is -4.58. The van der Waals surface area contributed by atoms with Gasteiger partial charge in [0.15, 0.2) is 15.7 Å². The summed E-state index contributed by atoms with van der Waals surface area (Å²) < 4.78 is 51.9. The van der Waals surface area contributed by atoms with Crippen LogP contribution in [0.15, 0.2) is 57.5 Å². The molecule has 12 nitrogen and oxygen atoms in total. The van der Waals surface area contributed by atoms with Gasteiger partial charge in [-0.2, -0.15) is 0 Å². The fraction of sp³-hybridized carbons (Fsp3) is 0.158. The van der Waals surface area contributed by atoms with Gasteiger partial charge in [0, 0.05) is 30.2 Å². The molecule has 1 aliphatic rings. The molecule has 10 N–H and O–H groups in total. The number of nitrogens with two attached hydrogens (primary N) is 4. The van der Waals surface area contributed by atoms with Crippen LogP contribution < -0.4 is 33.3 Å². The number of hydrazine groups is 1. The Balaban J connectivity index is 2.14. The second-order valence-electron chi connectivity index (χ2n) is 7.45. The molecule has 33 heavy (non-hydrogen) atoms. The number of anilines is 1. The molecule has 0 amide bonds. The standard InChI is InChI=1S/C19H22N8O4S2/c20-16-6-10-2-1-3-12(14(10)9-25-16)13-4-5-15(32(28,29)11-7-24-8-11)18(33(23,30)31)17(13)19(21)26-27-22/h1-6,9,11,24,27H,7-8,22H2,(H2,20,25)(H2,21,26)(H2,23,30,31). The number of benzene rings is 2. The number of nitrogens with zero attached hydrogens (tertiary/aromatic N) is 2. The van der Waals surface area contributed by atoms with Crippen LogP contribution in [0.5, 0.6) is 0 Å². The van der Waals surface area contributed by atoms with Gasteiger partial charge in [0.05, 0.1) is 10.1 Å². The van der Waals surface area contributed by atoms with Crippen molar-refractivity contribution in [3.8, 4) is 11.1 Å². The van der Waals surface area contributed by atoms with Gasteiger partial charge in [0.25, 0.3) is 0 Å². The zero-order valence-electron chi connectivity index (χ0n) is 17.2. The maximum atomic E-state index is 13.2. The molecule has 0 spiro atoms. The second-order valence-corrected chi connectivity index (χ2v) is 11.1. The van der Waals surface area contributed by atoms with Crippen molar-refractivity contribution >= 4 is 42.3 Å². The minimum Gasteiger partial charge on any atom is -0.384 e. The van der Waals surface area contributed by atoms with Crippen LogP contribution in [0.25, 0.3) is 21.9 Å². The van der Waals surface area contributed by atoms with Crippen molar-refractivity contribution in [1.29, 1.82) is 0 Å². The van der Waals surface area contributed by atoms with E-state index in [0.29, 0.717) is 16.8 Å². The molecule has 14 heteroatoms. The van der Waals surface area contributed by atoms with E-state index in [1.165, 1.54) is 18.3 Å². The van der Waals surface area contributed by atoms with E-state index in [-0.39, 0.29) is 30.1 Å². The number of hydrogen-bond donors (Lipinski definition) is 6. The second kappa shape index (κ2) is 8.24. The number of rotatable bonds is 6. The van der Waals surface area contributed by atoms with Crippen LogP contribution in [-0.2, 0) is 19.9 Å². The largest absolute Gasteiger partial charge is 0.384 e. The van der Waals surface area contributed by atoms with Gasteiger partial charge in [0.2, 0.25) is 10.0 Å². The van der Waals surface area contributed by atoms with Crippen molar-refractivity contribution in [1.82, 2.24) is 15.8 Å². The van der Waals surface area contributed by atoms with Crippen LogP contribution >= 0.6 is 0 Å². The molecule has 1 fully saturated rings. The number of sulfonamides is 1. The Bertz CT molecular complexity index is 1500. The van der Waals surface area contributed by atoms with Crippen molar-refractivity contribution in [3.05, 3.63) is 48.2 Å². The Hall–Kier alpha value is -3.30. The SMILES string of the molecule is NN/N=C(\N)c1c(-c2cccc3cc(N)ncc23)ccc(S(=O)(=O)C2CNC2)c1S(N)(=O)=O. The van der Waals surface area contributed by atoms with Gasteiger partial charge in [-0.25, -0.2) is 38.3 Å². The maximum absolute atomic E-state index is 13.2. The van der Waals surface area contributed by atoms with Crippen molar-refractivity contribution in [2.75, 3.05) is 18.8 Å². The van der Waals surface area contributed by atoms with Crippen LogP contribution in [0.3, 0.4) is 0 Å². The van der Waals surface area contributed by atoms with E-state index in [1.54, 1.807) is 24.3 Å². The zero-order valence-corrected chi connectivity index (χ0v) is 18.8. The Morgan fingerprint density at radius 2 is 1.85 bits per heavy atom. The highest BCUT2D eigenvalue weighted by Crippen LogP contribution is 2.37. The van der Waals surface area contributed by atoms with Crippen LogP contribution in [0.2, 0.25) is 0 Å². The minimum absolute atomic E-state index is 0.187. The molecular weight excluding hydrogens is 468 g/mol. The van der Waals surface area contributed by atoms with E-state index in [0.717, 1.165) is 5.39 Å². The summed E-state index contributed by atoms with van der Waals surface area (Å²) in [6.07, 6.45) is 1.53. The molecule has 1 aromatic heterocycles. The highest BCUT2D eigenvalue weighted by atomic mass is 32.2. The smallest absolute Gasteiger partial charge is 0.240 e. The summed E-state index contributed by atoms with van der Waals surface area (Å²) in [7, 11) is -8.63. The van der Waals surface area contributed by atoms with Gasteiger partial charge >= 0.3 is 0 Å². The molecule has 0 radical (unpaired) electrons. The number of pyridine rings is 1. The lowest BCUT2D eigenvalue weighted by molar-refractivity contribution is 0.493. The molecular formula is C19H22N8O4S2. The highest BCUT2D eigenvalue weighted by molar-refractivity contribution is 7.94. The summed E-state index contributed by atoms with van der Waals surface area (Å²) >= 11 is 0. The molecule has 3 aromatic rings. The molecule has 1 saturated heterocycles. The fourth-order valence-corrected chi connectivity index (χ4v) is 6.96. The summed E-state index contributed by atoms with van der Waals surface area (Å²) in [5.74, 6) is 5.22. The number of primary sulfonamides is 1. The van der Waals surface area contributed by atoms with Gasteiger partial charge in [-0.05, 0) is 28.6 Å². The molecule has 0 aliphatic carbocycles. The first-order valence-corrected chi connectivity index (χ1v) is 12.7. The normalized spacial score (nSPS) is 15.4. The van der Waals surface area contributed by atoms with Crippen molar-refractivity contribution < 1.29 is 16.8 Å². The number of hydrogen-bond acceptors (Lipinski definition) is 10. The topological polar surface area (TPSA) is 222 Å². The zero-order chi connectivity index (χ0) is 24.0. The predicted molar refractivity (Wildman–Crippen MR) is 125 cm³/mol. The third-order valence-corrected chi connectivity index (χ3v) is 8.70. The van der Waals surface area contributed by atoms with E-state index < -0.39 is 34.9 Å². The Labute approximate surface area is 190 Å². The van der Waals surface area contributed by atoms with Gasteiger partial charge in [-0.15, -0.1) is 5.10 Å². The molecule has 0 saturated carbocycles. The molecule has 174 valence electrons. The quantitative estimate of drug-likeness (QED) is 0.107. The first-order valence-electron chi connectivity index (χ1n) is 9.64. The number of amidine groups is 1. The Morgan fingerprint density at radius 1 is 1.12 bits per heavy atom. The van der Waals surface area contributed by atoms with Crippen molar-refractivity contribution in [2.24, 2.45) is 21.8 Å². The number of hydrazone groups is 1. The first kappa shape index (κ1) is 22.9. The maximum Gasteiger partial charge on any atom is 0.240 e. The molecule has 4 rings (SSSR count). The van der Waals surface area contributed by atoms with Crippen LogP contribution in [0, 0.1) is 0 Å². The van der Waals surface area contributed by atoms with Gasteiger partial charge in [-0.3, -0.25) is 0 Å². The van der Waals surface area contributed by atoms with Crippen LogP contribution in [0.1, 0.15) is 5.56 Å². The third kappa shape index (κ3) is 3.98. The third-order valence-electron chi connectivity index (χ3n) is 5.41. The summed E-state index contributed by atoms with van der Waals surface area (Å²) in [6, 6.07) is 9.58. The lowest BCUT2D eigenvalue weighted by Gasteiger charge is -2.28. The molecule has 0 bridgehead atoms. The summed E-state index contributed by atoms with van der Waals surface area (Å²) in [5, 5.41) is 12.7. The highest BCUT2D eigenvalue weighted by Gasteiger charge is 2.38. The lowest BCUT2D eigenvalue weighted by Crippen LogP contribution is -2.51. The van der Waals surface area contributed by atoms with E-state index in [4.69, 9.17) is 22.4 Å². The van der Waals surface area contributed by atoms with Crippen molar-refractivity contribution in [2.45, 2.75) is 15.0 Å². The number of aromatic nitrogens is 1. The lowest BCUT2D eigenvalue weighted by atomic mass is 9.95. The van der Waals surface area contributed by atoms with Gasteiger partial charge < -0.3 is 16.8 Å². The fourth-order valence-electron chi connectivity index (χ4n) is 3.76. The van der Waals surface area contributed by atoms with Gasteiger partial charge in [-0.1, -0.05) is 24.3 Å². The van der Waals surface area contributed by atoms with E-state index in [2.05, 4.69) is 15.4 Å². The average molecular weight is 491 g/mol. The number of nitrogens with one attached hydrogen (secondary N) is 2. The summed E-state index contributed by atoms with van der Waals surface area (Å²) in [6.45, 7) is 0.377. The number of nitrogen functional groups attached to an aromatic ring is 1. The molecule has 1 aliphatic heterocycles. The van der Waals surface area contributed by atoms with Crippen molar-refractivity contribution in [3.63, 3.8) is 0 Å². The predicted octanol–water partition coefficient (Wildman–Crippen LogP) is -1.04. The van der Waals surface area contributed by atoms with E-state index in [9.17, 15) is 16.8 Å². The summed E-state index contributed by atoms with van der Waals surface area (Å²) in [4.78, 5) is 3.01. The van der Waals surface area contributed by atoms with E-state index >= 15 is 0 Å². The monoisotopic (exact) mass is 490 g/mol. The number of sulfone groups is 1. The molecule has 0 unspecified atom stereocenters. The van der Waals surface area contributed by atoms with Gasteiger partial charge in [0.1, 0.15) is 10.7 Å². The first-order chi connectivity index (χ1) is 15.6. The van der Waals surface area contributed by atoms with E-state index in [1.807, 2.05) is 5.53 Å².